The minimum Gasteiger partial charge on any atom is -0.271 e. The molecule has 0 aliphatic rings. The number of hydrogen-bond donors (Lipinski definition) is 2. The van der Waals surface area contributed by atoms with Gasteiger partial charge in [0, 0.05) is 5.56 Å². The molecule has 0 fully saturated rings. The van der Waals surface area contributed by atoms with E-state index in [1.807, 2.05) is 16.8 Å². The third-order valence-electron chi connectivity index (χ3n) is 2.34. The van der Waals surface area contributed by atoms with Crippen molar-refractivity contribution in [2.45, 2.75) is 6.04 Å². The number of hydrogen-bond acceptors (Lipinski definition) is 3. The second-order valence-corrected chi connectivity index (χ2v) is 4.49. The number of hydrazine groups is 1. The second kappa shape index (κ2) is 4.93. The van der Waals surface area contributed by atoms with Crippen molar-refractivity contribution in [3.8, 4) is 0 Å². The second-order valence-electron chi connectivity index (χ2n) is 3.30. The molecular formula is C11H10ClFN2S. The van der Waals surface area contributed by atoms with E-state index in [2.05, 4.69) is 5.43 Å². The number of thiophene rings is 1. The first kappa shape index (κ1) is 11.5. The summed E-state index contributed by atoms with van der Waals surface area (Å²) in [4.78, 5) is 0. The molecule has 1 heterocycles. The highest BCUT2D eigenvalue weighted by atomic mass is 35.5. The first-order chi connectivity index (χ1) is 7.74. The van der Waals surface area contributed by atoms with E-state index >= 15 is 0 Å². The van der Waals surface area contributed by atoms with Crippen LogP contribution in [0.25, 0.3) is 0 Å². The monoisotopic (exact) mass is 256 g/mol. The minimum atomic E-state index is -0.432. The van der Waals surface area contributed by atoms with Crippen LogP contribution < -0.4 is 11.3 Å². The van der Waals surface area contributed by atoms with E-state index in [1.165, 1.54) is 17.4 Å². The van der Waals surface area contributed by atoms with Crippen LogP contribution in [0.1, 0.15) is 17.2 Å². The summed E-state index contributed by atoms with van der Waals surface area (Å²) in [6, 6.07) is 6.42. The zero-order valence-electron chi connectivity index (χ0n) is 8.28. The van der Waals surface area contributed by atoms with Crippen molar-refractivity contribution in [1.29, 1.82) is 0 Å². The quantitative estimate of drug-likeness (QED) is 0.654. The molecule has 3 N–H and O–H groups in total. The molecule has 0 amide bonds. The molecule has 2 rings (SSSR count). The summed E-state index contributed by atoms with van der Waals surface area (Å²) in [5.74, 6) is 5.03. The molecule has 0 bridgehead atoms. The molecule has 1 aromatic heterocycles. The lowest BCUT2D eigenvalue weighted by Gasteiger charge is -2.16. The smallest absolute Gasteiger partial charge is 0.146 e. The lowest BCUT2D eigenvalue weighted by atomic mass is 10.0. The first-order valence-corrected chi connectivity index (χ1v) is 5.98. The van der Waals surface area contributed by atoms with Gasteiger partial charge in [-0.15, -0.1) is 0 Å². The molecule has 2 nitrogen and oxygen atoms in total. The predicted octanol–water partition coefficient (Wildman–Crippen LogP) is 3.09. The number of rotatable bonds is 3. The fourth-order valence-corrected chi connectivity index (χ4v) is 2.42. The van der Waals surface area contributed by atoms with Gasteiger partial charge in [0.2, 0.25) is 0 Å². The van der Waals surface area contributed by atoms with Gasteiger partial charge in [0.05, 0.1) is 11.1 Å². The Hall–Kier alpha value is -0.940. The van der Waals surface area contributed by atoms with Crippen molar-refractivity contribution in [2.24, 2.45) is 5.84 Å². The van der Waals surface area contributed by atoms with Crippen LogP contribution in [-0.4, -0.2) is 0 Å². The Labute approximate surface area is 102 Å². The normalized spacial score (nSPS) is 12.7. The maximum Gasteiger partial charge on any atom is 0.146 e. The molecule has 5 heteroatoms. The largest absolute Gasteiger partial charge is 0.271 e. The lowest BCUT2D eigenvalue weighted by Crippen LogP contribution is -2.29. The van der Waals surface area contributed by atoms with Crippen LogP contribution in [0.3, 0.4) is 0 Å². The van der Waals surface area contributed by atoms with Crippen LogP contribution in [0.4, 0.5) is 4.39 Å². The van der Waals surface area contributed by atoms with Crippen LogP contribution in [-0.2, 0) is 0 Å². The maximum atomic E-state index is 13.8. The number of halogens is 2. The van der Waals surface area contributed by atoms with Crippen LogP contribution in [0.2, 0.25) is 5.02 Å². The molecule has 0 saturated heterocycles. The van der Waals surface area contributed by atoms with E-state index in [4.69, 9.17) is 17.4 Å². The summed E-state index contributed by atoms with van der Waals surface area (Å²) in [7, 11) is 0. The molecule has 0 aliphatic carbocycles. The summed E-state index contributed by atoms with van der Waals surface area (Å²) < 4.78 is 13.8. The van der Waals surface area contributed by atoms with Crippen molar-refractivity contribution >= 4 is 22.9 Å². The van der Waals surface area contributed by atoms with Crippen molar-refractivity contribution in [3.05, 3.63) is 57.0 Å². The Bertz CT molecular complexity index is 473. The van der Waals surface area contributed by atoms with Gasteiger partial charge in [0.15, 0.2) is 0 Å². The van der Waals surface area contributed by atoms with Gasteiger partial charge in [-0.3, -0.25) is 5.84 Å². The fraction of sp³-hybridized carbons (Fsp3) is 0.0909. The van der Waals surface area contributed by atoms with Gasteiger partial charge in [0.25, 0.3) is 0 Å². The number of nitrogens with two attached hydrogens (primary N) is 1. The molecule has 0 aliphatic heterocycles. The zero-order chi connectivity index (χ0) is 11.5. The minimum absolute atomic E-state index is 0.105. The van der Waals surface area contributed by atoms with E-state index in [1.54, 1.807) is 12.1 Å². The standard InChI is InChI=1S/C11H10ClFN2S/c12-9-3-1-2-8(10(9)13)11(15-14)7-4-5-16-6-7/h1-6,11,15H,14H2. The highest BCUT2D eigenvalue weighted by molar-refractivity contribution is 7.08. The molecule has 84 valence electrons. The Morgan fingerprint density at radius 3 is 2.81 bits per heavy atom. The molecule has 16 heavy (non-hydrogen) atoms. The summed E-state index contributed by atoms with van der Waals surface area (Å²) in [5.41, 5.74) is 3.97. The summed E-state index contributed by atoms with van der Waals surface area (Å²) >= 11 is 7.27. The number of benzene rings is 1. The van der Waals surface area contributed by atoms with Gasteiger partial charge in [0.1, 0.15) is 5.82 Å². The Morgan fingerprint density at radius 1 is 1.38 bits per heavy atom. The van der Waals surface area contributed by atoms with E-state index in [0.29, 0.717) is 5.56 Å². The Kier molecular flexibility index (Phi) is 3.56. The average molecular weight is 257 g/mol. The maximum absolute atomic E-state index is 13.8. The van der Waals surface area contributed by atoms with Crippen LogP contribution in [0.15, 0.2) is 35.0 Å². The van der Waals surface area contributed by atoms with Crippen molar-refractivity contribution < 1.29 is 4.39 Å². The third kappa shape index (κ3) is 2.10. The molecule has 1 aromatic carbocycles. The van der Waals surface area contributed by atoms with Crippen molar-refractivity contribution in [3.63, 3.8) is 0 Å². The third-order valence-corrected chi connectivity index (χ3v) is 3.33. The van der Waals surface area contributed by atoms with Gasteiger partial charge in [-0.25, -0.2) is 9.82 Å². The van der Waals surface area contributed by atoms with Gasteiger partial charge < -0.3 is 0 Å². The lowest BCUT2D eigenvalue weighted by molar-refractivity contribution is 0.561. The molecule has 0 radical (unpaired) electrons. The van der Waals surface area contributed by atoms with Gasteiger partial charge >= 0.3 is 0 Å². The van der Waals surface area contributed by atoms with Gasteiger partial charge in [-0.05, 0) is 28.5 Å². The van der Waals surface area contributed by atoms with Crippen LogP contribution in [0, 0.1) is 5.82 Å². The van der Waals surface area contributed by atoms with Crippen molar-refractivity contribution in [1.82, 2.24) is 5.43 Å². The summed E-state index contributed by atoms with van der Waals surface area (Å²) in [5, 5.41) is 3.94. The Balaban J connectivity index is 2.45. The van der Waals surface area contributed by atoms with Crippen LogP contribution in [0.5, 0.6) is 0 Å². The summed E-state index contributed by atoms with van der Waals surface area (Å²) in [6.45, 7) is 0. The van der Waals surface area contributed by atoms with Gasteiger partial charge in [-0.1, -0.05) is 23.7 Å². The molecule has 1 atom stereocenters. The van der Waals surface area contributed by atoms with E-state index in [9.17, 15) is 4.39 Å². The SMILES string of the molecule is NNC(c1ccsc1)c1cccc(Cl)c1F. The number of nitrogens with one attached hydrogen (secondary N) is 1. The fourth-order valence-electron chi connectivity index (χ4n) is 1.55. The predicted molar refractivity (Wildman–Crippen MR) is 64.9 cm³/mol. The molecule has 0 saturated carbocycles. The molecular weight excluding hydrogens is 247 g/mol. The van der Waals surface area contributed by atoms with E-state index in [0.717, 1.165) is 5.56 Å². The topological polar surface area (TPSA) is 38.0 Å². The highest BCUT2D eigenvalue weighted by Gasteiger charge is 2.18. The molecule has 0 spiro atoms. The Morgan fingerprint density at radius 2 is 2.19 bits per heavy atom. The van der Waals surface area contributed by atoms with Gasteiger partial charge in [-0.2, -0.15) is 11.3 Å². The van der Waals surface area contributed by atoms with E-state index < -0.39 is 5.82 Å². The average Bonchev–Trinajstić information content (AvgIpc) is 2.79. The highest BCUT2D eigenvalue weighted by Crippen LogP contribution is 2.28. The van der Waals surface area contributed by atoms with Crippen molar-refractivity contribution in [2.75, 3.05) is 0 Å². The molecule has 2 aromatic rings. The zero-order valence-corrected chi connectivity index (χ0v) is 9.86. The summed E-state index contributed by atoms with van der Waals surface area (Å²) in [6.07, 6.45) is 0. The van der Waals surface area contributed by atoms with E-state index in [-0.39, 0.29) is 11.1 Å². The molecule has 1 unspecified atom stereocenters. The van der Waals surface area contributed by atoms with Crippen LogP contribution >= 0.6 is 22.9 Å². The first-order valence-electron chi connectivity index (χ1n) is 4.66.